The van der Waals surface area contributed by atoms with E-state index in [1.807, 2.05) is 19.2 Å². The Bertz CT molecular complexity index is 950. The number of aryl methyl sites for hydroxylation is 1. The average molecular weight is 332 g/mol. The van der Waals surface area contributed by atoms with E-state index in [0.717, 1.165) is 11.3 Å². The van der Waals surface area contributed by atoms with Gasteiger partial charge >= 0.3 is 0 Å². The number of sulfonamides is 1. The van der Waals surface area contributed by atoms with Gasteiger partial charge < -0.3 is 5.11 Å². The molecule has 0 amide bonds. The first-order valence-corrected chi connectivity index (χ1v) is 8.52. The zero-order chi connectivity index (χ0) is 16.4. The normalized spacial score (nSPS) is 11.9. The van der Waals surface area contributed by atoms with Gasteiger partial charge in [0.1, 0.15) is 0 Å². The number of rotatable bonds is 5. The molecule has 23 heavy (non-hydrogen) atoms. The molecule has 7 nitrogen and oxygen atoms in total. The zero-order valence-corrected chi connectivity index (χ0v) is 13.3. The lowest BCUT2D eigenvalue weighted by Crippen LogP contribution is -2.26. The number of imidazole rings is 1. The topological polar surface area (TPSA) is 96.6 Å². The van der Waals surface area contributed by atoms with Gasteiger partial charge in [0.05, 0.1) is 29.1 Å². The van der Waals surface area contributed by atoms with Crippen molar-refractivity contribution >= 4 is 15.7 Å². The summed E-state index contributed by atoms with van der Waals surface area (Å²) in [7, 11) is -3.65. The molecule has 0 aliphatic rings. The fourth-order valence-electron chi connectivity index (χ4n) is 2.24. The fraction of sp³-hybridized carbons (Fsp3) is 0.200. The van der Waals surface area contributed by atoms with Crippen molar-refractivity contribution in [2.75, 3.05) is 13.2 Å². The van der Waals surface area contributed by atoms with Gasteiger partial charge in [-0.1, -0.05) is 12.1 Å². The van der Waals surface area contributed by atoms with E-state index in [2.05, 4.69) is 14.8 Å². The SMILES string of the molecule is Cc1cn2nc(-c3cccc(S(=O)(=O)NCCO)c3)ccc2n1. The second-order valence-corrected chi connectivity index (χ2v) is 6.82. The molecule has 0 aliphatic heterocycles. The second-order valence-electron chi connectivity index (χ2n) is 5.05. The van der Waals surface area contributed by atoms with Crippen molar-refractivity contribution in [3.8, 4) is 11.3 Å². The van der Waals surface area contributed by atoms with Crippen LogP contribution in [0.3, 0.4) is 0 Å². The molecule has 2 aromatic heterocycles. The molecular formula is C15H16N4O3S. The molecule has 0 fully saturated rings. The van der Waals surface area contributed by atoms with Crippen molar-refractivity contribution in [1.82, 2.24) is 19.3 Å². The fourth-order valence-corrected chi connectivity index (χ4v) is 3.31. The average Bonchev–Trinajstić information content (AvgIpc) is 2.92. The van der Waals surface area contributed by atoms with Crippen LogP contribution in [0.5, 0.6) is 0 Å². The van der Waals surface area contributed by atoms with E-state index in [1.54, 1.807) is 28.8 Å². The number of aliphatic hydroxyl groups is 1. The first kappa shape index (κ1) is 15.6. The molecule has 120 valence electrons. The monoisotopic (exact) mass is 332 g/mol. The molecule has 2 N–H and O–H groups in total. The van der Waals surface area contributed by atoms with Gasteiger partial charge in [-0.05, 0) is 31.2 Å². The van der Waals surface area contributed by atoms with Crippen LogP contribution in [0.2, 0.25) is 0 Å². The highest BCUT2D eigenvalue weighted by Crippen LogP contribution is 2.21. The molecule has 0 saturated carbocycles. The van der Waals surface area contributed by atoms with Gasteiger partial charge in [-0.2, -0.15) is 5.10 Å². The highest BCUT2D eigenvalue weighted by Gasteiger charge is 2.14. The third-order valence-corrected chi connectivity index (χ3v) is 4.74. The number of hydrogen-bond donors (Lipinski definition) is 2. The van der Waals surface area contributed by atoms with E-state index < -0.39 is 10.0 Å². The van der Waals surface area contributed by atoms with Gasteiger partial charge in [-0.3, -0.25) is 0 Å². The lowest BCUT2D eigenvalue weighted by atomic mass is 10.1. The van der Waals surface area contributed by atoms with Gasteiger partial charge in [0.15, 0.2) is 5.65 Å². The van der Waals surface area contributed by atoms with Gasteiger partial charge in [-0.15, -0.1) is 0 Å². The van der Waals surface area contributed by atoms with Crippen LogP contribution >= 0.6 is 0 Å². The molecule has 1 aromatic carbocycles. The molecule has 0 atom stereocenters. The summed E-state index contributed by atoms with van der Waals surface area (Å²) in [5.74, 6) is 0. The maximum absolute atomic E-state index is 12.1. The number of benzene rings is 1. The highest BCUT2D eigenvalue weighted by atomic mass is 32.2. The van der Waals surface area contributed by atoms with Gasteiger partial charge in [0.2, 0.25) is 10.0 Å². The Morgan fingerprint density at radius 3 is 2.87 bits per heavy atom. The maximum Gasteiger partial charge on any atom is 0.240 e. The molecule has 3 aromatic rings. The number of aliphatic hydroxyl groups excluding tert-OH is 1. The van der Waals surface area contributed by atoms with Crippen LogP contribution in [0.25, 0.3) is 16.9 Å². The van der Waals surface area contributed by atoms with Crippen molar-refractivity contribution in [2.45, 2.75) is 11.8 Å². The Morgan fingerprint density at radius 1 is 1.26 bits per heavy atom. The Kier molecular flexibility index (Phi) is 4.12. The van der Waals surface area contributed by atoms with Crippen LogP contribution < -0.4 is 4.72 Å². The minimum atomic E-state index is -3.65. The van der Waals surface area contributed by atoms with Crippen molar-refractivity contribution in [3.63, 3.8) is 0 Å². The van der Waals surface area contributed by atoms with E-state index in [0.29, 0.717) is 11.3 Å². The van der Waals surface area contributed by atoms with E-state index in [1.165, 1.54) is 6.07 Å². The molecule has 0 aliphatic carbocycles. The molecule has 8 heteroatoms. The second kappa shape index (κ2) is 6.07. The Balaban J connectivity index is 2.00. The summed E-state index contributed by atoms with van der Waals surface area (Å²) in [6, 6.07) is 10.1. The first-order chi connectivity index (χ1) is 11.0. The number of fused-ring (bicyclic) bond motifs is 1. The van der Waals surface area contributed by atoms with Crippen LogP contribution in [0.15, 0.2) is 47.5 Å². The number of hydrogen-bond acceptors (Lipinski definition) is 5. The summed E-state index contributed by atoms with van der Waals surface area (Å²) < 4.78 is 28.3. The largest absolute Gasteiger partial charge is 0.395 e. The molecule has 3 rings (SSSR count). The predicted octanol–water partition coefficient (Wildman–Crippen LogP) is 0.975. The zero-order valence-electron chi connectivity index (χ0n) is 12.5. The highest BCUT2D eigenvalue weighted by molar-refractivity contribution is 7.89. The third kappa shape index (κ3) is 3.24. The summed E-state index contributed by atoms with van der Waals surface area (Å²) in [6.45, 7) is 1.61. The van der Waals surface area contributed by atoms with E-state index in [9.17, 15) is 8.42 Å². The van der Waals surface area contributed by atoms with Crippen LogP contribution in [0.1, 0.15) is 5.69 Å². The van der Waals surface area contributed by atoms with Crippen LogP contribution in [-0.2, 0) is 10.0 Å². The maximum atomic E-state index is 12.1. The van der Waals surface area contributed by atoms with Crippen LogP contribution in [0.4, 0.5) is 0 Å². The molecule has 0 saturated heterocycles. The minimum Gasteiger partial charge on any atom is -0.395 e. The van der Waals surface area contributed by atoms with Crippen molar-refractivity contribution in [2.24, 2.45) is 0 Å². The molecule has 0 unspecified atom stereocenters. The summed E-state index contributed by atoms with van der Waals surface area (Å²) in [5, 5.41) is 13.2. The van der Waals surface area contributed by atoms with Crippen LogP contribution in [0, 0.1) is 6.92 Å². The standard InChI is InChI=1S/C15H16N4O3S/c1-11-10-19-15(17-11)6-5-14(18-19)12-3-2-4-13(9-12)23(21,22)16-7-8-20/h2-6,9-10,16,20H,7-8H2,1H3. The summed E-state index contributed by atoms with van der Waals surface area (Å²) in [6.07, 6.45) is 1.81. The lowest BCUT2D eigenvalue weighted by molar-refractivity contribution is 0.301. The smallest absolute Gasteiger partial charge is 0.240 e. The summed E-state index contributed by atoms with van der Waals surface area (Å²) in [4.78, 5) is 4.44. The van der Waals surface area contributed by atoms with Crippen molar-refractivity contribution in [1.29, 1.82) is 0 Å². The van der Waals surface area contributed by atoms with Crippen molar-refractivity contribution < 1.29 is 13.5 Å². The third-order valence-electron chi connectivity index (χ3n) is 3.28. The Labute approximate surface area is 133 Å². The Hall–Kier alpha value is -2.29. The molecular weight excluding hydrogens is 316 g/mol. The number of nitrogens with zero attached hydrogens (tertiary/aromatic N) is 3. The van der Waals surface area contributed by atoms with Gasteiger partial charge in [0, 0.05) is 12.1 Å². The number of aromatic nitrogens is 3. The van der Waals surface area contributed by atoms with E-state index >= 15 is 0 Å². The quantitative estimate of drug-likeness (QED) is 0.726. The van der Waals surface area contributed by atoms with E-state index in [-0.39, 0.29) is 18.0 Å². The van der Waals surface area contributed by atoms with Gasteiger partial charge in [-0.25, -0.2) is 22.6 Å². The minimum absolute atomic E-state index is 0.0227. The summed E-state index contributed by atoms with van der Waals surface area (Å²) >= 11 is 0. The van der Waals surface area contributed by atoms with Crippen LogP contribution in [-0.4, -0.2) is 41.3 Å². The molecule has 0 bridgehead atoms. The van der Waals surface area contributed by atoms with E-state index in [4.69, 9.17) is 5.11 Å². The molecule has 0 spiro atoms. The first-order valence-electron chi connectivity index (χ1n) is 7.03. The summed E-state index contributed by atoms with van der Waals surface area (Å²) in [5.41, 5.74) is 2.93. The van der Waals surface area contributed by atoms with Crippen molar-refractivity contribution in [3.05, 3.63) is 48.3 Å². The molecule has 0 radical (unpaired) electrons. The molecule has 2 heterocycles. The van der Waals surface area contributed by atoms with Gasteiger partial charge in [0.25, 0.3) is 0 Å². The lowest BCUT2D eigenvalue weighted by Gasteiger charge is -2.07. The Morgan fingerprint density at radius 2 is 2.09 bits per heavy atom. The number of nitrogens with one attached hydrogen (secondary N) is 1. The predicted molar refractivity (Wildman–Crippen MR) is 85.4 cm³/mol.